The quantitative estimate of drug-likeness (QED) is 0.645. The number of benzene rings is 1. The summed E-state index contributed by atoms with van der Waals surface area (Å²) in [6.07, 6.45) is 0.446. The van der Waals surface area contributed by atoms with E-state index in [2.05, 4.69) is 10.6 Å². The van der Waals surface area contributed by atoms with E-state index >= 15 is 0 Å². The molecular formula is C11H12ClN3O3. The SMILES string of the molecule is O=C(CC1CNC1)Nc1ccc([N+](=O)[O-])c(Cl)c1. The van der Waals surface area contributed by atoms with Crippen molar-refractivity contribution in [1.29, 1.82) is 0 Å². The standard InChI is InChI=1S/C11H12ClN3O3/c12-9-4-8(1-2-10(9)15(17)18)14-11(16)3-7-5-13-6-7/h1-2,4,7,13H,3,5-6H2,(H,14,16). The van der Waals surface area contributed by atoms with Gasteiger partial charge in [0.15, 0.2) is 0 Å². The summed E-state index contributed by atoms with van der Waals surface area (Å²) < 4.78 is 0. The van der Waals surface area contributed by atoms with Gasteiger partial charge in [0.1, 0.15) is 5.02 Å². The van der Waals surface area contributed by atoms with Gasteiger partial charge in [0.2, 0.25) is 5.91 Å². The second kappa shape index (κ2) is 5.32. The molecule has 1 saturated heterocycles. The number of carbonyl (C=O) groups excluding carboxylic acids is 1. The molecule has 0 aromatic heterocycles. The lowest BCUT2D eigenvalue weighted by Crippen LogP contribution is -2.43. The van der Waals surface area contributed by atoms with Crippen molar-refractivity contribution in [3.8, 4) is 0 Å². The van der Waals surface area contributed by atoms with Gasteiger partial charge in [-0.15, -0.1) is 0 Å². The lowest BCUT2D eigenvalue weighted by atomic mass is 9.99. The summed E-state index contributed by atoms with van der Waals surface area (Å²) in [5, 5.41) is 16.3. The lowest BCUT2D eigenvalue weighted by molar-refractivity contribution is -0.384. The maximum Gasteiger partial charge on any atom is 0.288 e. The molecule has 0 bridgehead atoms. The van der Waals surface area contributed by atoms with Gasteiger partial charge in [-0.2, -0.15) is 0 Å². The summed E-state index contributed by atoms with van der Waals surface area (Å²) in [6, 6.07) is 4.14. The van der Waals surface area contributed by atoms with E-state index < -0.39 is 4.92 Å². The molecule has 0 unspecified atom stereocenters. The first-order chi connectivity index (χ1) is 8.56. The molecule has 0 saturated carbocycles. The Labute approximate surface area is 108 Å². The Hall–Kier alpha value is -1.66. The number of amides is 1. The van der Waals surface area contributed by atoms with Gasteiger partial charge in [-0.3, -0.25) is 14.9 Å². The van der Waals surface area contributed by atoms with E-state index in [9.17, 15) is 14.9 Å². The van der Waals surface area contributed by atoms with E-state index in [1.165, 1.54) is 18.2 Å². The summed E-state index contributed by atoms with van der Waals surface area (Å²) in [7, 11) is 0. The summed E-state index contributed by atoms with van der Waals surface area (Å²) >= 11 is 5.75. The summed E-state index contributed by atoms with van der Waals surface area (Å²) in [5.41, 5.74) is 0.306. The predicted molar refractivity (Wildman–Crippen MR) is 67.7 cm³/mol. The normalized spacial score (nSPS) is 14.9. The van der Waals surface area contributed by atoms with E-state index in [0.29, 0.717) is 18.0 Å². The fraction of sp³-hybridized carbons (Fsp3) is 0.364. The third-order valence-electron chi connectivity index (χ3n) is 2.77. The van der Waals surface area contributed by atoms with Gasteiger partial charge in [0.25, 0.3) is 5.69 Å². The Morgan fingerprint density at radius 3 is 2.78 bits per heavy atom. The minimum Gasteiger partial charge on any atom is -0.326 e. The summed E-state index contributed by atoms with van der Waals surface area (Å²) in [5.74, 6) is 0.268. The molecule has 18 heavy (non-hydrogen) atoms. The van der Waals surface area contributed by atoms with Crippen LogP contribution in [0, 0.1) is 16.0 Å². The molecule has 1 aromatic carbocycles. The van der Waals surface area contributed by atoms with Crippen LogP contribution in [0.15, 0.2) is 18.2 Å². The first-order valence-corrected chi connectivity index (χ1v) is 5.88. The zero-order valence-corrected chi connectivity index (χ0v) is 10.2. The van der Waals surface area contributed by atoms with Crippen molar-refractivity contribution in [2.75, 3.05) is 18.4 Å². The molecule has 2 N–H and O–H groups in total. The predicted octanol–water partition coefficient (Wildman–Crippen LogP) is 1.80. The second-order valence-electron chi connectivity index (χ2n) is 4.20. The van der Waals surface area contributed by atoms with Crippen LogP contribution in [0.3, 0.4) is 0 Å². The highest BCUT2D eigenvalue weighted by atomic mass is 35.5. The van der Waals surface area contributed by atoms with E-state index in [0.717, 1.165) is 13.1 Å². The van der Waals surface area contributed by atoms with Gasteiger partial charge in [0.05, 0.1) is 4.92 Å². The van der Waals surface area contributed by atoms with Crippen LogP contribution in [-0.2, 0) is 4.79 Å². The molecular weight excluding hydrogens is 258 g/mol. The fourth-order valence-corrected chi connectivity index (χ4v) is 1.95. The second-order valence-corrected chi connectivity index (χ2v) is 4.61. The van der Waals surface area contributed by atoms with Crippen LogP contribution in [0.4, 0.5) is 11.4 Å². The Bertz CT molecular complexity index is 488. The van der Waals surface area contributed by atoms with Crippen molar-refractivity contribution in [2.45, 2.75) is 6.42 Å². The molecule has 0 spiro atoms. The number of carbonyl (C=O) groups is 1. The van der Waals surface area contributed by atoms with Crippen molar-refractivity contribution < 1.29 is 9.72 Å². The first-order valence-electron chi connectivity index (χ1n) is 5.51. The number of nitrogens with zero attached hydrogens (tertiary/aromatic N) is 1. The van der Waals surface area contributed by atoms with E-state index in [4.69, 9.17) is 11.6 Å². The molecule has 96 valence electrons. The number of hydrogen-bond donors (Lipinski definition) is 2. The van der Waals surface area contributed by atoms with Crippen molar-refractivity contribution >= 4 is 28.9 Å². The van der Waals surface area contributed by atoms with Gasteiger partial charge >= 0.3 is 0 Å². The van der Waals surface area contributed by atoms with E-state index in [1.807, 2.05) is 0 Å². The molecule has 0 radical (unpaired) electrons. The van der Waals surface area contributed by atoms with Crippen LogP contribution in [0.2, 0.25) is 5.02 Å². The summed E-state index contributed by atoms with van der Waals surface area (Å²) in [4.78, 5) is 21.6. The smallest absolute Gasteiger partial charge is 0.288 e. The Morgan fingerprint density at radius 1 is 1.56 bits per heavy atom. The van der Waals surface area contributed by atoms with Crippen LogP contribution in [0.1, 0.15) is 6.42 Å². The molecule has 7 heteroatoms. The van der Waals surface area contributed by atoms with Crippen LogP contribution in [0.5, 0.6) is 0 Å². The number of nitro groups is 1. The lowest BCUT2D eigenvalue weighted by Gasteiger charge is -2.26. The average molecular weight is 270 g/mol. The van der Waals surface area contributed by atoms with Gasteiger partial charge in [0, 0.05) is 18.2 Å². The Morgan fingerprint density at radius 2 is 2.28 bits per heavy atom. The van der Waals surface area contributed by atoms with Crippen molar-refractivity contribution in [2.24, 2.45) is 5.92 Å². The molecule has 0 aliphatic carbocycles. The van der Waals surface area contributed by atoms with Crippen LogP contribution in [-0.4, -0.2) is 23.9 Å². The van der Waals surface area contributed by atoms with E-state index in [1.54, 1.807) is 0 Å². The van der Waals surface area contributed by atoms with E-state index in [-0.39, 0.29) is 16.6 Å². The highest BCUT2D eigenvalue weighted by Gasteiger charge is 2.20. The molecule has 6 nitrogen and oxygen atoms in total. The van der Waals surface area contributed by atoms with Crippen molar-refractivity contribution in [3.05, 3.63) is 33.3 Å². The number of halogens is 1. The zero-order chi connectivity index (χ0) is 13.1. The molecule has 1 heterocycles. The molecule has 1 aliphatic rings. The van der Waals surface area contributed by atoms with Crippen molar-refractivity contribution in [1.82, 2.24) is 5.32 Å². The van der Waals surface area contributed by atoms with Gasteiger partial charge in [-0.25, -0.2) is 0 Å². The highest BCUT2D eigenvalue weighted by molar-refractivity contribution is 6.33. The Balaban J connectivity index is 1.98. The van der Waals surface area contributed by atoms with Gasteiger partial charge in [-0.1, -0.05) is 11.6 Å². The van der Waals surface area contributed by atoms with Crippen LogP contribution in [0.25, 0.3) is 0 Å². The topological polar surface area (TPSA) is 84.3 Å². The molecule has 0 atom stereocenters. The molecule has 1 fully saturated rings. The molecule has 1 amide bonds. The largest absolute Gasteiger partial charge is 0.326 e. The zero-order valence-electron chi connectivity index (χ0n) is 9.48. The highest BCUT2D eigenvalue weighted by Crippen LogP contribution is 2.27. The number of rotatable bonds is 4. The third-order valence-corrected chi connectivity index (χ3v) is 3.07. The number of hydrogen-bond acceptors (Lipinski definition) is 4. The van der Waals surface area contributed by atoms with Crippen LogP contribution < -0.4 is 10.6 Å². The van der Waals surface area contributed by atoms with Gasteiger partial charge < -0.3 is 10.6 Å². The maximum absolute atomic E-state index is 11.6. The number of nitrogens with one attached hydrogen (secondary N) is 2. The molecule has 2 rings (SSSR count). The average Bonchev–Trinajstić information content (AvgIpc) is 2.23. The minimum atomic E-state index is -0.562. The monoisotopic (exact) mass is 269 g/mol. The van der Waals surface area contributed by atoms with Gasteiger partial charge in [-0.05, 0) is 31.1 Å². The first kappa shape index (κ1) is 12.8. The molecule has 1 aliphatic heterocycles. The van der Waals surface area contributed by atoms with Crippen molar-refractivity contribution in [3.63, 3.8) is 0 Å². The number of nitro benzene ring substituents is 1. The van der Waals surface area contributed by atoms with Crippen LogP contribution >= 0.6 is 11.6 Å². The summed E-state index contributed by atoms with van der Waals surface area (Å²) in [6.45, 7) is 1.71. The Kier molecular flexibility index (Phi) is 3.78. The maximum atomic E-state index is 11.6. The third kappa shape index (κ3) is 2.96. The fourth-order valence-electron chi connectivity index (χ4n) is 1.70. The minimum absolute atomic E-state index is 0.0168. The number of anilines is 1. The molecule has 1 aromatic rings.